The molecule has 4 aromatic rings. The minimum absolute atomic E-state index is 0.225. The van der Waals surface area contributed by atoms with Crippen LogP contribution in [0.2, 0.25) is 0 Å². The number of sulfonamides is 1. The van der Waals surface area contributed by atoms with Crippen LogP contribution in [0.3, 0.4) is 0 Å². The maximum absolute atomic E-state index is 13.2. The fraction of sp³-hybridized carbons (Fsp3) is 0.276. The summed E-state index contributed by atoms with van der Waals surface area (Å²) < 4.78 is 34.7. The van der Waals surface area contributed by atoms with E-state index in [4.69, 9.17) is 4.52 Å². The fourth-order valence-electron chi connectivity index (χ4n) is 4.70. The normalized spacial score (nSPS) is 14.0. The number of aryl methyl sites for hydroxylation is 2. The zero-order valence-electron chi connectivity index (χ0n) is 20.9. The van der Waals surface area contributed by atoms with Gasteiger partial charge >= 0.3 is 0 Å². The SMILES string of the molecule is Cc1ccc(-c2onc(C)c2C)cc1S(=O)(=O)Nc1ccc(CCN2CCc3ccccc3C2)cc1. The van der Waals surface area contributed by atoms with Crippen molar-refractivity contribution in [3.8, 4) is 11.3 Å². The summed E-state index contributed by atoms with van der Waals surface area (Å²) in [7, 11) is -3.77. The highest BCUT2D eigenvalue weighted by Crippen LogP contribution is 2.30. The molecule has 1 aliphatic rings. The first-order chi connectivity index (χ1) is 17.3. The molecule has 186 valence electrons. The Balaban J connectivity index is 1.25. The van der Waals surface area contributed by atoms with Gasteiger partial charge < -0.3 is 4.52 Å². The van der Waals surface area contributed by atoms with E-state index in [9.17, 15) is 8.42 Å². The summed E-state index contributed by atoms with van der Waals surface area (Å²) >= 11 is 0. The molecule has 2 heterocycles. The quantitative estimate of drug-likeness (QED) is 0.353. The molecule has 0 atom stereocenters. The van der Waals surface area contributed by atoms with Crippen LogP contribution in [0.15, 0.2) is 76.1 Å². The molecule has 0 radical (unpaired) electrons. The molecule has 6 nitrogen and oxygen atoms in total. The smallest absolute Gasteiger partial charge is 0.262 e. The van der Waals surface area contributed by atoms with Crippen LogP contribution in [0.5, 0.6) is 0 Å². The predicted octanol–water partition coefficient (Wildman–Crippen LogP) is 5.67. The third-order valence-corrected chi connectivity index (χ3v) is 8.55. The van der Waals surface area contributed by atoms with Gasteiger partial charge in [0.15, 0.2) is 5.76 Å². The van der Waals surface area contributed by atoms with Crippen molar-refractivity contribution in [2.75, 3.05) is 17.8 Å². The van der Waals surface area contributed by atoms with E-state index < -0.39 is 10.0 Å². The molecule has 0 saturated heterocycles. The van der Waals surface area contributed by atoms with Crippen LogP contribution >= 0.6 is 0 Å². The maximum atomic E-state index is 13.2. The second kappa shape index (κ2) is 9.91. The highest BCUT2D eigenvalue weighted by Gasteiger charge is 2.20. The molecule has 1 aliphatic heterocycles. The summed E-state index contributed by atoms with van der Waals surface area (Å²) in [6, 6.07) is 21.6. The molecule has 0 bridgehead atoms. The van der Waals surface area contributed by atoms with Gasteiger partial charge in [-0.25, -0.2) is 8.42 Å². The fourth-order valence-corrected chi connectivity index (χ4v) is 6.03. The first-order valence-corrected chi connectivity index (χ1v) is 13.7. The molecule has 36 heavy (non-hydrogen) atoms. The molecule has 3 aromatic carbocycles. The lowest BCUT2D eigenvalue weighted by atomic mass is 9.99. The van der Waals surface area contributed by atoms with E-state index in [0.29, 0.717) is 22.6 Å². The van der Waals surface area contributed by atoms with Crippen LogP contribution in [-0.4, -0.2) is 31.6 Å². The summed E-state index contributed by atoms with van der Waals surface area (Å²) in [6.07, 6.45) is 2.01. The van der Waals surface area contributed by atoms with E-state index in [0.717, 1.165) is 43.7 Å². The Morgan fingerprint density at radius 3 is 2.44 bits per heavy atom. The molecule has 7 heteroatoms. The monoisotopic (exact) mass is 501 g/mol. The minimum atomic E-state index is -3.77. The number of nitrogens with zero attached hydrogens (tertiary/aromatic N) is 2. The summed E-state index contributed by atoms with van der Waals surface area (Å²) in [6.45, 7) is 8.61. The van der Waals surface area contributed by atoms with Gasteiger partial charge in [-0.2, -0.15) is 0 Å². The highest BCUT2D eigenvalue weighted by molar-refractivity contribution is 7.92. The van der Waals surface area contributed by atoms with Gasteiger partial charge in [-0.05, 0) is 74.1 Å². The Morgan fingerprint density at radius 1 is 0.972 bits per heavy atom. The van der Waals surface area contributed by atoms with Gasteiger partial charge in [0.1, 0.15) is 0 Å². The van der Waals surface area contributed by atoms with Crippen LogP contribution in [0.1, 0.15) is 33.5 Å². The second-order valence-corrected chi connectivity index (χ2v) is 11.2. The number of aromatic nitrogens is 1. The summed E-state index contributed by atoms with van der Waals surface area (Å²) in [5.74, 6) is 0.588. The maximum Gasteiger partial charge on any atom is 0.262 e. The highest BCUT2D eigenvalue weighted by atomic mass is 32.2. The van der Waals surface area contributed by atoms with Gasteiger partial charge in [0.05, 0.1) is 10.6 Å². The number of benzene rings is 3. The van der Waals surface area contributed by atoms with Crippen LogP contribution in [0.25, 0.3) is 11.3 Å². The lowest BCUT2D eigenvalue weighted by Gasteiger charge is -2.28. The van der Waals surface area contributed by atoms with Crippen molar-refractivity contribution in [3.63, 3.8) is 0 Å². The molecule has 0 saturated carbocycles. The van der Waals surface area contributed by atoms with Crippen LogP contribution < -0.4 is 4.72 Å². The van der Waals surface area contributed by atoms with Crippen molar-refractivity contribution in [3.05, 3.63) is 100 Å². The van der Waals surface area contributed by atoms with Crippen molar-refractivity contribution in [1.29, 1.82) is 0 Å². The third-order valence-electron chi connectivity index (χ3n) is 7.03. The number of anilines is 1. The predicted molar refractivity (Wildman–Crippen MR) is 143 cm³/mol. The van der Waals surface area contributed by atoms with E-state index >= 15 is 0 Å². The van der Waals surface area contributed by atoms with E-state index in [1.807, 2.05) is 44.2 Å². The van der Waals surface area contributed by atoms with Gasteiger partial charge in [-0.15, -0.1) is 0 Å². The number of hydrogen-bond acceptors (Lipinski definition) is 5. The number of fused-ring (bicyclic) bond motifs is 1. The molecule has 0 unspecified atom stereocenters. The summed E-state index contributed by atoms with van der Waals surface area (Å²) in [5.41, 5.74) is 7.65. The van der Waals surface area contributed by atoms with E-state index in [1.165, 1.54) is 16.7 Å². The van der Waals surface area contributed by atoms with Gasteiger partial charge in [0.25, 0.3) is 10.0 Å². The van der Waals surface area contributed by atoms with Gasteiger partial charge in [0.2, 0.25) is 0 Å². The second-order valence-electron chi connectivity index (χ2n) is 9.55. The van der Waals surface area contributed by atoms with Crippen LogP contribution in [0, 0.1) is 20.8 Å². The number of hydrogen-bond donors (Lipinski definition) is 1. The zero-order valence-corrected chi connectivity index (χ0v) is 21.7. The minimum Gasteiger partial charge on any atom is -0.356 e. The topological polar surface area (TPSA) is 75.4 Å². The van der Waals surface area contributed by atoms with Crippen LogP contribution in [-0.2, 0) is 29.4 Å². The standard InChI is InChI=1S/C29H31N3O3S/c1-20-8-11-25(29-21(2)22(3)30-35-29)18-28(20)36(33,34)31-27-12-9-23(10-13-27)14-16-32-17-15-24-6-4-5-7-26(24)19-32/h4-13,18,31H,14-17,19H2,1-3H3. The Labute approximate surface area is 213 Å². The lowest BCUT2D eigenvalue weighted by molar-refractivity contribution is 0.257. The Morgan fingerprint density at radius 2 is 1.72 bits per heavy atom. The first kappa shape index (κ1) is 24.3. The van der Waals surface area contributed by atoms with Crippen molar-refractivity contribution in [2.24, 2.45) is 0 Å². The molecular formula is C29H31N3O3S. The molecule has 0 aliphatic carbocycles. The Hall–Kier alpha value is -3.42. The van der Waals surface area contributed by atoms with E-state index in [2.05, 4.69) is 39.0 Å². The van der Waals surface area contributed by atoms with Gasteiger partial charge in [-0.3, -0.25) is 9.62 Å². The van der Waals surface area contributed by atoms with E-state index in [1.54, 1.807) is 19.1 Å². The molecule has 0 fully saturated rings. The molecule has 5 rings (SSSR count). The zero-order chi connectivity index (χ0) is 25.3. The molecular weight excluding hydrogens is 470 g/mol. The van der Waals surface area contributed by atoms with Crippen molar-refractivity contribution < 1.29 is 12.9 Å². The van der Waals surface area contributed by atoms with Crippen LogP contribution in [0.4, 0.5) is 5.69 Å². The lowest BCUT2D eigenvalue weighted by Crippen LogP contribution is -2.32. The molecule has 1 N–H and O–H groups in total. The third kappa shape index (κ3) is 5.08. The molecule has 1 aromatic heterocycles. The summed E-state index contributed by atoms with van der Waals surface area (Å²) in [4.78, 5) is 2.70. The van der Waals surface area contributed by atoms with Crippen molar-refractivity contribution in [1.82, 2.24) is 10.1 Å². The number of rotatable bonds is 7. The Kier molecular flexibility index (Phi) is 6.69. The van der Waals surface area contributed by atoms with E-state index in [-0.39, 0.29) is 4.90 Å². The number of nitrogens with one attached hydrogen (secondary N) is 1. The average Bonchev–Trinajstić information content (AvgIpc) is 3.21. The molecule has 0 amide bonds. The Bertz CT molecular complexity index is 1490. The first-order valence-electron chi connectivity index (χ1n) is 12.2. The molecule has 0 spiro atoms. The average molecular weight is 502 g/mol. The van der Waals surface area contributed by atoms with Crippen molar-refractivity contribution in [2.45, 2.75) is 45.1 Å². The van der Waals surface area contributed by atoms with Gasteiger partial charge in [-0.1, -0.05) is 53.7 Å². The largest absolute Gasteiger partial charge is 0.356 e. The summed E-state index contributed by atoms with van der Waals surface area (Å²) in [5, 5.41) is 3.99. The van der Waals surface area contributed by atoms with Gasteiger partial charge in [0, 0.05) is 36.4 Å². The van der Waals surface area contributed by atoms with Crippen molar-refractivity contribution >= 4 is 15.7 Å².